The third-order valence-corrected chi connectivity index (χ3v) is 2.33. The number of rotatable bonds is 1. The van der Waals surface area contributed by atoms with Crippen LogP contribution in [0.25, 0.3) is 0 Å². The number of benzene rings is 1. The SMILES string of the molecule is Cc1cc(N2CCOC2=O)ccc1N. The Bertz CT molecular complexity index is 376. The molecule has 1 aromatic rings. The van der Waals surface area contributed by atoms with E-state index in [9.17, 15) is 4.79 Å². The average Bonchev–Trinajstić information content (AvgIpc) is 2.57. The van der Waals surface area contributed by atoms with E-state index in [4.69, 9.17) is 10.5 Å². The number of anilines is 2. The molecule has 2 rings (SSSR count). The minimum Gasteiger partial charge on any atom is -0.447 e. The quantitative estimate of drug-likeness (QED) is 0.686. The van der Waals surface area contributed by atoms with Crippen LogP contribution in [0.1, 0.15) is 5.56 Å². The standard InChI is InChI=1S/C10H12N2O2/c1-7-6-8(2-3-9(7)11)12-4-5-14-10(12)13/h2-3,6H,4-5,11H2,1H3. The summed E-state index contributed by atoms with van der Waals surface area (Å²) in [6.45, 7) is 2.99. The maximum absolute atomic E-state index is 11.2. The lowest BCUT2D eigenvalue weighted by atomic mass is 10.2. The van der Waals surface area contributed by atoms with Crippen molar-refractivity contribution in [3.05, 3.63) is 23.8 Å². The minimum absolute atomic E-state index is 0.283. The highest BCUT2D eigenvalue weighted by Crippen LogP contribution is 2.22. The first-order valence-corrected chi connectivity index (χ1v) is 4.49. The first-order chi connectivity index (χ1) is 6.68. The minimum atomic E-state index is -0.283. The fourth-order valence-corrected chi connectivity index (χ4v) is 1.46. The number of carbonyl (C=O) groups is 1. The zero-order chi connectivity index (χ0) is 10.1. The number of cyclic esters (lactones) is 1. The topological polar surface area (TPSA) is 55.6 Å². The Kier molecular flexibility index (Phi) is 2.04. The average molecular weight is 192 g/mol. The third-order valence-electron chi connectivity index (χ3n) is 2.33. The van der Waals surface area contributed by atoms with Gasteiger partial charge in [-0.25, -0.2) is 4.79 Å². The summed E-state index contributed by atoms with van der Waals surface area (Å²) in [5, 5.41) is 0. The number of aryl methyl sites for hydroxylation is 1. The molecule has 2 N–H and O–H groups in total. The maximum atomic E-state index is 11.2. The molecule has 0 aliphatic carbocycles. The monoisotopic (exact) mass is 192 g/mol. The molecular formula is C10H12N2O2. The van der Waals surface area contributed by atoms with Crippen LogP contribution in [-0.2, 0) is 4.74 Å². The predicted octanol–water partition coefficient (Wildman–Crippen LogP) is 1.53. The second-order valence-electron chi connectivity index (χ2n) is 3.31. The number of nitrogens with zero attached hydrogens (tertiary/aromatic N) is 1. The molecule has 74 valence electrons. The largest absolute Gasteiger partial charge is 0.447 e. The van der Waals surface area contributed by atoms with Crippen LogP contribution in [0.2, 0.25) is 0 Å². The van der Waals surface area contributed by atoms with Gasteiger partial charge in [0.15, 0.2) is 0 Å². The van der Waals surface area contributed by atoms with Gasteiger partial charge in [0.25, 0.3) is 0 Å². The second kappa shape index (κ2) is 3.21. The molecule has 0 unspecified atom stereocenters. The van der Waals surface area contributed by atoms with Crippen molar-refractivity contribution >= 4 is 17.5 Å². The molecule has 0 saturated carbocycles. The zero-order valence-electron chi connectivity index (χ0n) is 7.99. The Morgan fingerprint density at radius 3 is 2.86 bits per heavy atom. The summed E-state index contributed by atoms with van der Waals surface area (Å²) in [5.74, 6) is 0. The Morgan fingerprint density at radius 1 is 1.50 bits per heavy atom. The summed E-state index contributed by atoms with van der Waals surface area (Å²) in [4.78, 5) is 12.8. The van der Waals surface area contributed by atoms with Crippen LogP contribution in [0.3, 0.4) is 0 Å². The van der Waals surface area contributed by atoms with Gasteiger partial charge in [0.2, 0.25) is 0 Å². The molecule has 0 atom stereocenters. The van der Waals surface area contributed by atoms with Gasteiger partial charge in [-0.05, 0) is 30.7 Å². The van der Waals surface area contributed by atoms with Crippen LogP contribution in [0, 0.1) is 6.92 Å². The van der Waals surface area contributed by atoms with E-state index in [0.717, 1.165) is 16.9 Å². The lowest BCUT2D eigenvalue weighted by Gasteiger charge is -2.13. The molecule has 0 bridgehead atoms. The van der Waals surface area contributed by atoms with Crippen molar-refractivity contribution in [1.82, 2.24) is 0 Å². The van der Waals surface area contributed by atoms with Gasteiger partial charge >= 0.3 is 6.09 Å². The van der Waals surface area contributed by atoms with Gasteiger partial charge in [0.1, 0.15) is 6.61 Å². The number of hydrogen-bond acceptors (Lipinski definition) is 3. The molecule has 0 aromatic heterocycles. The Morgan fingerprint density at radius 2 is 2.29 bits per heavy atom. The molecule has 1 heterocycles. The molecule has 1 saturated heterocycles. The van der Waals surface area contributed by atoms with Crippen LogP contribution in [0.5, 0.6) is 0 Å². The first kappa shape index (κ1) is 8.87. The van der Waals surface area contributed by atoms with E-state index in [1.165, 1.54) is 0 Å². The fraction of sp³-hybridized carbons (Fsp3) is 0.300. The van der Waals surface area contributed by atoms with E-state index in [2.05, 4.69) is 0 Å². The van der Waals surface area contributed by atoms with Crippen molar-refractivity contribution in [2.24, 2.45) is 0 Å². The van der Waals surface area contributed by atoms with Crippen molar-refractivity contribution in [2.75, 3.05) is 23.8 Å². The molecule has 4 nitrogen and oxygen atoms in total. The molecular weight excluding hydrogens is 180 g/mol. The number of nitrogens with two attached hydrogens (primary N) is 1. The van der Waals surface area contributed by atoms with Crippen LogP contribution < -0.4 is 10.6 Å². The summed E-state index contributed by atoms with van der Waals surface area (Å²) >= 11 is 0. The number of carbonyl (C=O) groups excluding carboxylic acids is 1. The molecule has 1 aliphatic heterocycles. The van der Waals surface area contributed by atoms with Crippen LogP contribution >= 0.6 is 0 Å². The number of ether oxygens (including phenoxy) is 1. The van der Waals surface area contributed by atoms with E-state index < -0.39 is 0 Å². The number of amides is 1. The smallest absolute Gasteiger partial charge is 0.414 e. The second-order valence-corrected chi connectivity index (χ2v) is 3.31. The lowest BCUT2D eigenvalue weighted by molar-refractivity contribution is 0.181. The normalized spacial score (nSPS) is 15.8. The highest BCUT2D eigenvalue weighted by atomic mass is 16.6. The first-order valence-electron chi connectivity index (χ1n) is 4.49. The number of hydrogen-bond donors (Lipinski definition) is 1. The Balaban J connectivity index is 2.32. The van der Waals surface area contributed by atoms with E-state index in [1.807, 2.05) is 19.1 Å². The van der Waals surface area contributed by atoms with Crippen molar-refractivity contribution < 1.29 is 9.53 Å². The molecule has 1 aromatic carbocycles. The van der Waals surface area contributed by atoms with Gasteiger partial charge in [0, 0.05) is 11.4 Å². The molecule has 0 spiro atoms. The van der Waals surface area contributed by atoms with Crippen molar-refractivity contribution in [3.63, 3.8) is 0 Å². The third kappa shape index (κ3) is 1.39. The van der Waals surface area contributed by atoms with Gasteiger partial charge in [-0.3, -0.25) is 4.90 Å². The predicted molar refractivity (Wildman–Crippen MR) is 54.3 cm³/mol. The van der Waals surface area contributed by atoms with E-state index in [1.54, 1.807) is 11.0 Å². The molecule has 1 aliphatic rings. The van der Waals surface area contributed by atoms with Crippen molar-refractivity contribution in [2.45, 2.75) is 6.92 Å². The van der Waals surface area contributed by atoms with Crippen LogP contribution in [-0.4, -0.2) is 19.2 Å². The zero-order valence-corrected chi connectivity index (χ0v) is 7.99. The Hall–Kier alpha value is -1.71. The van der Waals surface area contributed by atoms with Crippen LogP contribution in [0.4, 0.5) is 16.2 Å². The van der Waals surface area contributed by atoms with E-state index in [0.29, 0.717) is 13.2 Å². The summed E-state index contributed by atoms with van der Waals surface area (Å²) < 4.78 is 4.85. The van der Waals surface area contributed by atoms with Crippen LogP contribution in [0.15, 0.2) is 18.2 Å². The molecule has 4 heteroatoms. The van der Waals surface area contributed by atoms with Crippen molar-refractivity contribution in [1.29, 1.82) is 0 Å². The fourth-order valence-electron chi connectivity index (χ4n) is 1.46. The summed E-state index contributed by atoms with van der Waals surface area (Å²) in [6.07, 6.45) is -0.283. The Labute approximate surface area is 82.3 Å². The van der Waals surface area contributed by atoms with Gasteiger partial charge in [-0.1, -0.05) is 0 Å². The highest BCUT2D eigenvalue weighted by Gasteiger charge is 2.23. The highest BCUT2D eigenvalue weighted by molar-refractivity contribution is 5.89. The number of nitrogen functional groups attached to an aromatic ring is 1. The van der Waals surface area contributed by atoms with Gasteiger partial charge in [0.05, 0.1) is 6.54 Å². The molecule has 0 radical (unpaired) electrons. The van der Waals surface area contributed by atoms with Crippen molar-refractivity contribution in [3.8, 4) is 0 Å². The molecule has 14 heavy (non-hydrogen) atoms. The van der Waals surface area contributed by atoms with Gasteiger partial charge in [-0.15, -0.1) is 0 Å². The summed E-state index contributed by atoms with van der Waals surface area (Å²) in [6, 6.07) is 5.52. The molecule has 1 fully saturated rings. The molecule has 1 amide bonds. The van der Waals surface area contributed by atoms with E-state index >= 15 is 0 Å². The lowest BCUT2D eigenvalue weighted by Crippen LogP contribution is -2.23. The summed E-state index contributed by atoms with van der Waals surface area (Å²) in [7, 11) is 0. The van der Waals surface area contributed by atoms with Gasteiger partial charge in [-0.2, -0.15) is 0 Å². The van der Waals surface area contributed by atoms with Gasteiger partial charge < -0.3 is 10.5 Å². The van der Waals surface area contributed by atoms with E-state index in [-0.39, 0.29) is 6.09 Å². The summed E-state index contributed by atoms with van der Waals surface area (Å²) in [5.41, 5.74) is 8.25. The maximum Gasteiger partial charge on any atom is 0.414 e.